The molecule has 7 heteroatoms. The molecule has 1 saturated heterocycles. The maximum Gasteiger partial charge on any atom is 0.315 e. The number of amides is 2. The fourth-order valence-electron chi connectivity index (χ4n) is 2.42. The Morgan fingerprint density at radius 1 is 1.36 bits per heavy atom. The van der Waals surface area contributed by atoms with Gasteiger partial charge in [0.15, 0.2) is 5.82 Å². The van der Waals surface area contributed by atoms with E-state index in [4.69, 9.17) is 4.74 Å². The van der Waals surface area contributed by atoms with Crippen LogP contribution in [0.5, 0.6) is 0 Å². The number of ether oxygens (including phenoxy) is 1. The molecule has 116 valence electrons. The molecule has 22 heavy (non-hydrogen) atoms. The first-order chi connectivity index (χ1) is 10.8. The monoisotopic (exact) mass is 301 g/mol. The number of carbonyl (C=O) groups is 1. The predicted octanol–water partition coefficient (Wildman–Crippen LogP) is 1.25. The van der Waals surface area contributed by atoms with E-state index < -0.39 is 0 Å². The molecule has 7 nitrogen and oxygen atoms in total. The molecule has 2 aromatic rings. The smallest absolute Gasteiger partial charge is 0.315 e. The molecule has 0 spiro atoms. The molecule has 1 fully saturated rings. The quantitative estimate of drug-likeness (QED) is 0.871. The van der Waals surface area contributed by atoms with Crippen molar-refractivity contribution >= 4 is 6.03 Å². The summed E-state index contributed by atoms with van der Waals surface area (Å²) in [6.07, 6.45) is 7.44. The average molecular weight is 301 g/mol. The van der Waals surface area contributed by atoms with Gasteiger partial charge in [0.2, 0.25) is 0 Å². The number of nitrogens with zero attached hydrogens (tertiary/aromatic N) is 3. The zero-order valence-electron chi connectivity index (χ0n) is 12.2. The highest BCUT2D eigenvalue weighted by atomic mass is 16.5. The summed E-state index contributed by atoms with van der Waals surface area (Å²) in [6, 6.07) is 5.39. The molecule has 2 N–H and O–H groups in total. The standard InChI is InChI=1S/C15H19N5O2/c21-15(18-11-13-5-2-9-22-13)17-10-12-4-1-6-16-14(12)20-8-3-7-19-20/h1,3-4,6-8,13H,2,5,9-11H2,(H2,17,18,21)/t13-/m0/s1. The van der Waals surface area contributed by atoms with Crippen molar-refractivity contribution in [2.24, 2.45) is 0 Å². The topological polar surface area (TPSA) is 81.1 Å². The Morgan fingerprint density at radius 3 is 3.09 bits per heavy atom. The van der Waals surface area contributed by atoms with E-state index in [0.717, 1.165) is 25.0 Å². The number of pyridine rings is 1. The van der Waals surface area contributed by atoms with Gasteiger partial charge in [-0.15, -0.1) is 0 Å². The highest BCUT2D eigenvalue weighted by Gasteiger charge is 2.16. The molecule has 0 unspecified atom stereocenters. The highest BCUT2D eigenvalue weighted by Crippen LogP contribution is 2.11. The minimum absolute atomic E-state index is 0.142. The van der Waals surface area contributed by atoms with Crippen LogP contribution in [0.4, 0.5) is 4.79 Å². The van der Waals surface area contributed by atoms with Gasteiger partial charge in [-0.05, 0) is 25.0 Å². The SMILES string of the molecule is O=C(NCc1cccnc1-n1cccn1)NC[C@@H]1CCCO1. The molecule has 0 bridgehead atoms. The maximum absolute atomic E-state index is 11.9. The number of hydrogen-bond donors (Lipinski definition) is 2. The van der Waals surface area contributed by atoms with Crippen LogP contribution in [-0.4, -0.2) is 40.1 Å². The molecule has 0 aromatic carbocycles. The second kappa shape index (κ2) is 7.04. The van der Waals surface area contributed by atoms with Crippen molar-refractivity contribution in [1.29, 1.82) is 0 Å². The normalized spacial score (nSPS) is 17.4. The van der Waals surface area contributed by atoms with Crippen molar-refractivity contribution in [3.63, 3.8) is 0 Å². The van der Waals surface area contributed by atoms with Gasteiger partial charge in [0, 0.05) is 43.9 Å². The molecular formula is C15H19N5O2. The van der Waals surface area contributed by atoms with Crippen molar-refractivity contribution in [3.05, 3.63) is 42.4 Å². The van der Waals surface area contributed by atoms with Crippen LogP contribution in [0.15, 0.2) is 36.8 Å². The van der Waals surface area contributed by atoms with Crippen LogP contribution in [0, 0.1) is 0 Å². The van der Waals surface area contributed by atoms with E-state index in [1.165, 1.54) is 0 Å². The Kier molecular flexibility index (Phi) is 4.65. The van der Waals surface area contributed by atoms with Crippen LogP contribution in [0.1, 0.15) is 18.4 Å². The molecule has 1 aliphatic heterocycles. The lowest BCUT2D eigenvalue weighted by molar-refractivity contribution is 0.111. The lowest BCUT2D eigenvalue weighted by Crippen LogP contribution is -2.39. The lowest BCUT2D eigenvalue weighted by atomic mass is 10.2. The molecule has 3 rings (SSSR count). The van der Waals surface area contributed by atoms with Crippen molar-refractivity contribution in [1.82, 2.24) is 25.4 Å². The highest BCUT2D eigenvalue weighted by molar-refractivity contribution is 5.73. The van der Waals surface area contributed by atoms with Crippen LogP contribution >= 0.6 is 0 Å². The third kappa shape index (κ3) is 3.62. The van der Waals surface area contributed by atoms with Gasteiger partial charge in [-0.1, -0.05) is 6.07 Å². The van der Waals surface area contributed by atoms with Gasteiger partial charge < -0.3 is 15.4 Å². The van der Waals surface area contributed by atoms with Crippen LogP contribution in [0.3, 0.4) is 0 Å². The summed E-state index contributed by atoms with van der Waals surface area (Å²) < 4.78 is 7.15. The number of urea groups is 1. The van der Waals surface area contributed by atoms with E-state index in [2.05, 4.69) is 20.7 Å². The zero-order chi connectivity index (χ0) is 15.2. The van der Waals surface area contributed by atoms with E-state index in [1.807, 2.05) is 24.4 Å². The van der Waals surface area contributed by atoms with Gasteiger partial charge >= 0.3 is 6.03 Å². The van der Waals surface area contributed by atoms with Crippen LogP contribution in [0.2, 0.25) is 0 Å². The molecule has 1 aliphatic rings. The summed E-state index contributed by atoms with van der Waals surface area (Å²) in [4.78, 5) is 16.2. The zero-order valence-corrected chi connectivity index (χ0v) is 12.2. The summed E-state index contributed by atoms with van der Waals surface area (Å²) in [5.74, 6) is 0.715. The second-order valence-electron chi connectivity index (χ2n) is 5.14. The van der Waals surface area contributed by atoms with Gasteiger partial charge in [0.25, 0.3) is 0 Å². The Bertz CT molecular complexity index is 608. The minimum atomic E-state index is -0.203. The van der Waals surface area contributed by atoms with Crippen LogP contribution < -0.4 is 10.6 Å². The number of aromatic nitrogens is 3. The first kappa shape index (κ1) is 14.5. The van der Waals surface area contributed by atoms with Gasteiger partial charge in [-0.2, -0.15) is 5.10 Å². The molecule has 0 aliphatic carbocycles. The number of carbonyl (C=O) groups excluding carboxylic acids is 1. The summed E-state index contributed by atoms with van der Waals surface area (Å²) in [5.41, 5.74) is 0.901. The number of nitrogens with one attached hydrogen (secondary N) is 2. The summed E-state index contributed by atoms with van der Waals surface area (Å²) in [5, 5.41) is 9.84. The van der Waals surface area contributed by atoms with Crippen molar-refractivity contribution < 1.29 is 9.53 Å². The third-order valence-electron chi connectivity index (χ3n) is 3.54. The fourth-order valence-corrected chi connectivity index (χ4v) is 2.42. The Morgan fingerprint density at radius 2 is 2.32 bits per heavy atom. The summed E-state index contributed by atoms with van der Waals surface area (Å²) in [6.45, 7) is 1.72. The van der Waals surface area contributed by atoms with Crippen molar-refractivity contribution in [2.45, 2.75) is 25.5 Å². The molecule has 1 atom stereocenters. The first-order valence-corrected chi connectivity index (χ1v) is 7.40. The van der Waals surface area contributed by atoms with Crippen molar-refractivity contribution in [2.75, 3.05) is 13.2 Å². The molecular weight excluding hydrogens is 282 g/mol. The van der Waals surface area contributed by atoms with Crippen LogP contribution in [-0.2, 0) is 11.3 Å². The lowest BCUT2D eigenvalue weighted by Gasteiger charge is -2.13. The van der Waals surface area contributed by atoms with Gasteiger partial charge in [0.1, 0.15) is 0 Å². The largest absolute Gasteiger partial charge is 0.376 e. The fraction of sp³-hybridized carbons (Fsp3) is 0.400. The Hall–Kier alpha value is -2.41. The average Bonchev–Trinajstić information content (AvgIpc) is 3.24. The van der Waals surface area contributed by atoms with E-state index in [0.29, 0.717) is 18.9 Å². The minimum Gasteiger partial charge on any atom is -0.376 e. The van der Waals surface area contributed by atoms with Crippen molar-refractivity contribution in [3.8, 4) is 5.82 Å². The van der Waals surface area contributed by atoms with E-state index in [-0.39, 0.29) is 12.1 Å². The molecule has 0 saturated carbocycles. The van der Waals surface area contributed by atoms with E-state index in [9.17, 15) is 4.79 Å². The number of rotatable bonds is 5. The van der Waals surface area contributed by atoms with E-state index in [1.54, 1.807) is 17.1 Å². The van der Waals surface area contributed by atoms with Crippen LogP contribution in [0.25, 0.3) is 5.82 Å². The predicted molar refractivity (Wildman–Crippen MR) is 80.6 cm³/mol. The van der Waals surface area contributed by atoms with E-state index >= 15 is 0 Å². The van der Waals surface area contributed by atoms with Gasteiger partial charge in [-0.25, -0.2) is 14.5 Å². The second-order valence-corrected chi connectivity index (χ2v) is 5.14. The Balaban J connectivity index is 1.54. The third-order valence-corrected chi connectivity index (χ3v) is 3.54. The summed E-state index contributed by atoms with van der Waals surface area (Å²) >= 11 is 0. The maximum atomic E-state index is 11.9. The van der Waals surface area contributed by atoms with Gasteiger partial charge in [-0.3, -0.25) is 0 Å². The molecule has 2 aromatic heterocycles. The first-order valence-electron chi connectivity index (χ1n) is 7.40. The number of hydrogen-bond acceptors (Lipinski definition) is 4. The molecule has 2 amide bonds. The Labute approximate surface area is 128 Å². The van der Waals surface area contributed by atoms with Gasteiger partial charge in [0.05, 0.1) is 6.10 Å². The summed E-state index contributed by atoms with van der Waals surface area (Å²) in [7, 11) is 0. The molecule has 3 heterocycles. The molecule has 0 radical (unpaired) electrons.